The molecule has 2 aliphatic rings. The highest BCUT2D eigenvalue weighted by molar-refractivity contribution is 5.63. The molecule has 0 amide bonds. The molecule has 5 rings (SSSR count). The minimum absolute atomic E-state index is 0.234. The summed E-state index contributed by atoms with van der Waals surface area (Å²) in [5, 5.41) is 6.25. The molecule has 4 heterocycles. The average molecular weight is 351 g/mol. The summed E-state index contributed by atoms with van der Waals surface area (Å²) in [5.74, 6) is 0.691. The maximum atomic E-state index is 13.8. The molecule has 1 aliphatic heterocycles. The van der Waals surface area contributed by atoms with Crippen LogP contribution in [-0.4, -0.2) is 39.7 Å². The second-order valence-corrected chi connectivity index (χ2v) is 7.68. The monoisotopic (exact) mass is 351 g/mol. The van der Waals surface area contributed by atoms with Gasteiger partial charge in [0.1, 0.15) is 17.6 Å². The molecule has 26 heavy (non-hydrogen) atoms. The maximum Gasteiger partial charge on any atom is 0.137 e. The number of fused-ring (bicyclic) bond motifs is 1. The molecule has 2 atom stereocenters. The first-order valence-electron chi connectivity index (χ1n) is 9.19. The van der Waals surface area contributed by atoms with Crippen LogP contribution >= 0.6 is 0 Å². The number of hydrogen-bond donors (Lipinski definition) is 2. The number of pyridine rings is 2. The lowest BCUT2D eigenvalue weighted by atomic mass is 10.00. The zero-order valence-corrected chi connectivity index (χ0v) is 14.7. The van der Waals surface area contributed by atoms with E-state index in [9.17, 15) is 4.39 Å². The fraction of sp³-hybridized carbons (Fsp3) is 0.400. The molecule has 3 aromatic rings. The first-order valence-corrected chi connectivity index (χ1v) is 9.19. The highest BCUT2D eigenvalue weighted by atomic mass is 19.1. The molecule has 0 radical (unpaired) electrons. The Morgan fingerprint density at radius 3 is 2.92 bits per heavy atom. The molecule has 0 unspecified atom stereocenters. The van der Waals surface area contributed by atoms with E-state index in [-0.39, 0.29) is 6.04 Å². The van der Waals surface area contributed by atoms with Crippen molar-refractivity contribution in [2.75, 3.05) is 18.4 Å². The smallest absolute Gasteiger partial charge is 0.137 e. The largest absolute Gasteiger partial charge is 0.363 e. The van der Waals surface area contributed by atoms with Gasteiger partial charge < -0.3 is 10.6 Å². The van der Waals surface area contributed by atoms with E-state index >= 15 is 0 Å². The number of rotatable bonds is 4. The summed E-state index contributed by atoms with van der Waals surface area (Å²) < 4.78 is 15.9. The Balaban J connectivity index is 1.47. The summed E-state index contributed by atoms with van der Waals surface area (Å²) in [7, 11) is 0. The minimum atomic E-state index is -0.890. The zero-order chi connectivity index (χ0) is 17.7. The van der Waals surface area contributed by atoms with Crippen LogP contribution in [0, 0.1) is 0 Å². The number of nitrogens with one attached hydrogen (secondary N) is 2. The van der Waals surface area contributed by atoms with E-state index in [2.05, 4.69) is 50.3 Å². The summed E-state index contributed by atoms with van der Waals surface area (Å²) in [6.45, 7) is 3.31. The van der Waals surface area contributed by atoms with Crippen molar-refractivity contribution in [1.82, 2.24) is 19.7 Å². The Morgan fingerprint density at radius 1 is 1.27 bits per heavy atom. The van der Waals surface area contributed by atoms with E-state index in [0.29, 0.717) is 24.3 Å². The van der Waals surface area contributed by atoms with Gasteiger partial charge in [0.2, 0.25) is 0 Å². The van der Waals surface area contributed by atoms with Crippen molar-refractivity contribution in [3.8, 4) is 11.4 Å². The number of halogens is 1. The fourth-order valence-electron chi connectivity index (χ4n) is 3.66. The van der Waals surface area contributed by atoms with Gasteiger partial charge in [-0.2, -0.15) is 0 Å². The molecular weight excluding hydrogens is 329 g/mol. The Bertz CT molecular complexity index is 962. The molecule has 1 aliphatic carbocycles. The molecule has 6 heteroatoms. The van der Waals surface area contributed by atoms with Crippen LogP contribution in [0.5, 0.6) is 0 Å². The quantitative estimate of drug-likeness (QED) is 0.758. The zero-order valence-electron chi connectivity index (χ0n) is 14.7. The summed E-state index contributed by atoms with van der Waals surface area (Å²) in [5.41, 5.74) is 4.39. The van der Waals surface area contributed by atoms with Crippen molar-refractivity contribution in [2.45, 2.75) is 37.4 Å². The number of aromatic nitrogens is 3. The van der Waals surface area contributed by atoms with E-state index in [0.717, 1.165) is 17.0 Å². The molecule has 0 aromatic carbocycles. The van der Waals surface area contributed by atoms with Gasteiger partial charge in [-0.15, -0.1) is 0 Å². The van der Waals surface area contributed by atoms with Crippen LogP contribution in [0.15, 0.2) is 42.7 Å². The van der Waals surface area contributed by atoms with Crippen molar-refractivity contribution in [3.05, 3.63) is 48.3 Å². The molecule has 3 aromatic heterocycles. The van der Waals surface area contributed by atoms with Gasteiger partial charge in [-0.3, -0.25) is 4.40 Å². The normalized spacial score (nSPS) is 24.1. The molecule has 5 nitrogen and oxygen atoms in total. The second-order valence-electron chi connectivity index (χ2n) is 7.68. The Kier molecular flexibility index (Phi) is 3.50. The van der Waals surface area contributed by atoms with E-state index < -0.39 is 6.17 Å². The molecule has 0 bridgehead atoms. The summed E-state index contributed by atoms with van der Waals surface area (Å²) in [6, 6.07) is 9.91. The van der Waals surface area contributed by atoms with E-state index in [1.165, 1.54) is 18.4 Å². The van der Waals surface area contributed by atoms with Gasteiger partial charge in [0.25, 0.3) is 0 Å². The third kappa shape index (κ3) is 2.65. The van der Waals surface area contributed by atoms with Crippen molar-refractivity contribution in [1.29, 1.82) is 0 Å². The van der Waals surface area contributed by atoms with Gasteiger partial charge in [-0.1, -0.05) is 13.0 Å². The molecule has 134 valence electrons. The van der Waals surface area contributed by atoms with Crippen molar-refractivity contribution in [3.63, 3.8) is 0 Å². The standard InChI is InChI=1S/C20H22FN5/c1-20(6-7-20)13-5-8-26-17(12-23-19(26)9-13)15-3-2-4-18(24-15)25-16-11-22-10-14(16)21/h2-5,8-9,12,14,16,22H,6-7,10-11H2,1H3,(H,24,25)/t14-,16-/m0/s1. The Morgan fingerprint density at radius 2 is 2.15 bits per heavy atom. The predicted octanol–water partition coefficient (Wildman–Crippen LogP) is 3.17. The fourth-order valence-corrected chi connectivity index (χ4v) is 3.66. The minimum Gasteiger partial charge on any atom is -0.363 e. The lowest BCUT2D eigenvalue weighted by Crippen LogP contribution is -2.29. The Labute approximate surface area is 151 Å². The number of imidazole rings is 1. The van der Waals surface area contributed by atoms with Crippen molar-refractivity contribution >= 4 is 11.5 Å². The average Bonchev–Trinajstić information content (AvgIpc) is 3.08. The first kappa shape index (κ1) is 15.8. The van der Waals surface area contributed by atoms with Gasteiger partial charge in [0.15, 0.2) is 0 Å². The Hall–Kier alpha value is -2.47. The summed E-state index contributed by atoms with van der Waals surface area (Å²) in [4.78, 5) is 9.25. The maximum absolute atomic E-state index is 13.8. The highest BCUT2D eigenvalue weighted by Crippen LogP contribution is 2.47. The van der Waals surface area contributed by atoms with E-state index in [1.54, 1.807) is 0 Å². The van der Waals surface area contributed by atoms with Crippen molar-refractivity contribution < 1.29 is 4.39 Å². The predicted molar refractivity (Wildman–Crippen MR) is 100 cm³/mol. The van der Waals surface area contributed by atoms with Gasteiger partial charge in [-0.05, 0) is 48.1 Å². The van der Waals surface area contributed by atoms with E-state index in [4.69, 9.17) is 0 Å². The number of nitrogens with zero attached hydrogens (tertiary/aromatic N) is 3. The molecule has 2 fully saturated rings. The van der Waals surface area contributed by atoms with Crippen LogP contribution < -0.4 is 10.6 Å². The second kappa shape index (κ2) is 5.77. The first-order chi connectivity index (χ1) is 12.6. The molecule has 1 saturated heterocycles. The van der Waals surface area contributed by atoms with Gasteiger partial charge >= 0.3 is 0 Å². The summed E-state index contributed by atoms with van der Waals surface area (Å²) >= 11 is 0. The van der Waals surface area contributed by atoms with Gasteiger partial charge in [-0.25, -0.2) is 14.4 Å². The molecular formula is C20H22FN5. The number of alkyl halides is 1. The van der Waals surface area contributed by atoms with Crippen LogP contribution in [0.4, 0.5) is 10.2 Å². The van der Waals surface area contributed by atoms with Crippen molar-refractivity contribution in [2.24, 2.45) is 0 Å². The third-order valence-electron chi connectivity index (χ3n) is 5.70. The van der Waals surface area contributed by atoms with E-state index in [1.807, 2.05) is 24.4 Å². The van der Waals surface area contributed by atoms with Gasteiger partial charge in [0, 0.05) is 19.3 Å². The molecule has 1 saturated carbocycles. The summed E-state index contributed by atoms with van der Waals surface area (Å²) in [6.07, 6.45) is 5.54. The third-order valence-corrected chi connectivity index (χ3v) is 5.70. The van der Waals surface area contributed by atoms with Crippen LogP contribution in [-0.2, 0) is 5.41 Å². The van der Waals surface area contributed by atoms with Crippen LogP contribution in [0.3, 0.4) is 0 Å². The molecule has 2 N–H and O–H groups in total. The topological polar surface area (TPSA) is 54.2 Å². The lowest BCUT2D eigenvalue weighted by molar-refractivity contribution is 0.342. The SMILES string of the molecule is CC1(c2ccn3c(-c4cccc(N[C@H]5CNC[C@@H]5F)n4)cnc3c2)CC1. The van der Waals surface area contributed by atoms with Crippen LogP contribution in [0.25, 0.3) is 17.0 Å². The van der Waals surface area contributed by atoms with Crippen LogP contribution in [0.1, 0.15) is 25.3 Å². The lowest BCUT2D eigenvalue weighted by Gasteiger charge is -2.15. The number of anilines is 1. The van der Waals surface area contributed by atoms with Gasteiger partial charge in [0.05, 0.1) is 23.6 Å². The number of hydrogen-bond acceptors (Lipinski definition) is 4. The highest BCUT2D eigenvalue weighted by Gasteiger charge is 2.39. The molecule has 0 spiro atoms. The van der Waals surface area contributed by atoms with Crippen LogP contribution in [0.2, 0.25) is 0 Å².